The van der Waals surface area contributed by atoms with Crippen molar-refractivity contribution in [2.75, 3.05) is 24.3 Å². The number of carbonyl (C=O) groups excluding carboxylic acids is 1. The van der Waals surface area contributed by atoms with Crippen molar-refractivity contribution in [3.63, 3.8) is 0 Å². The molecule has 144 valence electrons. The molecule has 0 saturated heterocycles. The van der Waals surface area contributed by atoms with Crippen LogP contribution in [0.5, 0.6) is 0 Å². The molecule has 7 heteroatoms. The van der Waals surface area contributed by atoms with Gasteiger partial charge in [0, 0.05) is 37.9 Å². The summed E-state index contributed by atoms with van der Waals surface area (Å²) < 4.78 is 0. The number of amides is 1. The lowest BCUT2D eigenvalue weighted by molar-refractivity contribution is 0.0926. The summed E-state index contributed by atoms with van der Waals surface area (Å²) in [5.74, 6) is 1.48. The third-order valence-corrected chi connectivity index (χ3v) is 5.21. The highest BCUT2D eigenvalue weighted by Gasteiger charge is 2.24. The number of anilines is 2. The molecule has 0 spiro atoms. The summed E-state index contributed by atoms with van der Waals surface area (Å²) in [7, 11) is 3.96. The van der Waals surface area contributed by atoms with Crippen molar-refractivity contribution in [2.45, 2.75) is 44.7 Å². The Balaban J connectivity index is 1.53. The Morgan fingerprint density at radius 3 is 2.48 bits per heavy atom. The summed E-state index contributed by atoms with van der Waals surface area (Å²) in [5.41, 5.74) is 1.58. The van der Waals surface area contributed by atoms with Crippen LogP contribution in [-0.2, 0) is 0 Å². The van der Waals surface area contributed by atoms with Crippen LogP contribution in [0.25, 0.3) is 0 Å². The molecule has 6 nitrogen and oxygen atoms in total. The molecule has 3 rings (SSSR count). The standard InChI is InChI=1S/C20H26ClN5O/c1-13-12-22-20(25-18(13)26(2)3)24-15-10-8-14(9-11-15)23-19(27)16-6-4-5-7-17(16)21/h4-7,12,14-15H,8-11H2,1-3H3,(H,23,27)(H,22,24,25)/t14-,15+. The van der Waals surface area contributed by atoms with Gasteiger partial charge >= 0.3 is 0 Å². The Kier molecular flexibility index (Phi) is 6.16. The third-order valence-electron chi connectivity index (χ3n) is 4.88. The molecule has 0 radical (unpaired) electrons. The summed E-state index contributed by atoms with van der Waals surface area (Å²) >= 11 is 6.11. The Morgan fingerprint density at radius 2 is 1.81 bits per heavy atom. The van der Waals surface area contributed by atoms with Crippen LogP contribution in [0.3, 0.4) is 0 Å². The van der Waals surface area contributed by atoms with Crippen LogP contribution < -0.4 is 15.5 Å². The number of nitrogens with one attached hydrogen (secondary N) is 2. The van der Waals surface area contributed by atoms with E-state index < -0.39 is 0 Å². The van der Waals surface area contributed by atoms with Crippen molar-refractivity contribution in [1.82, 2.24) is 15.3 Å². The maximum atomic E-state index is 12.4. The third kappa shape index (κ3) is 4.89. The van der Waals surface area contributed by atoms with Crippen molar-refractivity contribution in [3.8, 4) is 0 Å². The molecule has 2 aromatic rings. The van der Waals surface area contributed by atoms with Gasteiger partial charge in [-0.25, -0.2) is 4.98 Å². The number of hydrogen-bond acceptors (Lipinski definition) is 5. The number of carbonyl (C=O) groups is 1. The fourth-order valence-electron chi connectivity index (χ4n) is 3.43. The number of benzene rings is 1. The van der Waals surface area contributed by atoms with E-state index in [1.54, 1.807) is 12.1 Å². The zero-order chi connectivity index (χ0) is 19.4. The first-order valence-electron chi connectivity index (χ1n) is 9.27. The van der Waals surface area contributed by atoms with Crippen molar-refractivity contribution in [3.05, 3.63) is 46.6 Å². The van der Waals surface area contributed by atoms with E-state index in [0.717, 1.165) is 37.1 Å². The van der Waals surface area contributed by atoms with E-state index in [-0.39, 0.29) is 11.9 Å². The predicted octanol–water partition coefficient (Wildman–Crippen LogP) is 3.66. The van der Waals surface area contributed by atoms with Crippen LogP contribution in [-0.4, -0.2) is 42.1 Å². The molecule has 1 heterocycles. The van der Waals surface area contributed by atoms with Gasteiger partial charge in [0.25, 0.3) is 5.91 Å². The van der Waals surface area contributed by atoms with Crippen molar-refractivity contribution in [2.24, 2.45) is 0 Å². The quantitative estimate of drug-likeness (QED) is 0.819. The maximum Gasteiger partial charge on any atom is 0.253 e. The van der Waals surface area contributed by atoms with E-state index in [4.69, 9.17) is 11.6 Å². The summed E-state index contributed by atoms with van der Waals surface area (Å²) in [6.07, 6.45) is 5.60. The Bertz CT molecular complexity index is 803. The Hall–Kier alpha value is -2.34. The molecular weight excluding hydrogens is 362 g/mol. The molecule has 1 fully saturated rings. The van der Waals surface area contributed by atoms with Gasteiger partial charge in [0.05, 0.1) is 10.6 Å². The minimum Gasteiger partial charge on any atom is -0.362 e. The van der Waals surface area contributed by atoms with Gasteiger partial charge in [-0.05, 0) is 44.7 Å². The number of hydrogen-bond donors (Lipinski definition) is 2. The molecule has 0 aliphatic heterocycles. The fourth-order valence-corrected chi connectivity index (χ4v) is 3.65. The van der Waals surface area contributed by atoms with Crippen LogP contribution >= 0.6 is 11.6 Å². The molecule has 0 bridgehead atoms. The molecular formula is C20H26ClN5O. The molecule has 0 atom stereocenters. The number of rotatable bonds is 5. The lowest BCUT2D eigenvalue weighted by atomic mass is 9.91. The first-order valence-corrected chi connectivity index (χ1v) is 9.64. The highest BCUT2D eigenvalue weighted by atomic mass is 35.5. The average molecular weight is 388 g/mol. The van der Waals surface area contributed by atoms with Gasteiger partial charge < -0.3 is 15.5 Å². The second-order valence-electron chi connectivity index (χ2n) is 7.24. The highest BCUT2D eigenvalue weighted by Crippen LogP contribution is 2.23. The van der Waals surface area contributed by atoms with Crippen molar-refractivity contribution >= 4 is 29.3 Å². The monoisotopic (exact) mass is 387 g/mol. The molecule has 1 aliphatic carbocycles. The smallest absolute Gasteiger partial charge is 0.253 e. The molecule has 27 heavy (non-hydrogen) atoms. The molecule has 1 aliphatic rings. The minimum atomic E-state index is -0.102. The van der Waals surface area contributed by atoms with Crippen molar-refractivity contribution < 1.29 is 4.79 Å². The van der Waals surface area contributed by atoms with Crippen LogP contribution in [0.4, 0.5) is 11.8 Å². The lowest BCUT2D eigenvalue weighted by Gasteiger charge is -2.30. The first-order chi connectivity index (χ1) is 12.9. The second kappa shape index (κ2) is 8.57. The Morgan fingerprint density at radius 1 is 1.15 bits per heavy atom. The van der Waals surface area contributed by atoms with Gasteiger partial charge in [-0.3, -0.25) is 4.79 Å². The first kappa shape index (κ1) is 19.4. The van der Waals surface area contributed by atoms with Crippen LogP contribution in [0.2, 0.25) is 5.02 Å². The fraction of sp³-hybridized carbons (Fsp3) is 0.450. The average Bonchev–Trinajstić information content (AvgIpc) is 2.65. The topological polar surface area (TPSA) is 70.1 Å². The van der Waals surface area contributed by atoms with Crippen LogP contribution in [0.1, 0.15) is 41.6 Å². The number of aromatic nitrogens is 2. The summed E-state index contributed by atoms with van der Waals surface area (Å²) in [4.78, 5) is 23.4. The predicted molar refractivity (Wildman–Crippen MR) is 110 cm³/mol. The van der Waals surface area contributed by atoms with E-state index in [1.165, 1.54) is 0 Å². The van der Waals surface area contributed by atoms with Crippen molar-refractivity contribution in [1.29, 1.82) is 0 Å². The zero-order valence-corrected chi connectivity index (χ0v) is 16.8. The normalized spacial score (nSPS) is 19.4. The summed E-state index contributed by atoms with van der Waals surface area (Å²) in [5, 5.41) is 7.02. The van der Waals surface area contributed by atoms with Crippen LogP contribution in [0, 0.1) is 6.92 Å². The summed E-state index contributed by atoms with van der Waals surface area (Å²) in [6.45, 7) is 2.01. The SMILES string of the molecule is Cc1cnc(N[C@H]2CC[C@@H](NC(=O)c3ccccc3Cl)CC2)nc1N(C)C. The van der Waals surface area contributed by atoms with E-state index in [2.05, 4.69) is 20.6 Å². The van der Waals surface area contributed by atoms with Gasteiger partial charge in [0.15, 0.2) is 0 Å². The molecule has 1 saturated carbocycles. The second-order valence-corrected chi connectivity index (χ2v) is 7.65. The lowest BCUT2D eigenvalue weighted by Crippen LogP contribution is -2.40. The molecule has 1 amide bonds. The molecule has 1 aromatic carbocycles. The highest BCUT2D eigenvalue weighted by molar-refractivity contribution is 6.33. The van der Waals surface area contributed by atoms with E-state index in [1.807, 2.05) is 44.2 Å². The van der Waals surface area contributed by atoms with Gasteiger partial charge in [-0.1, -0.05) is 23.7 Å². The Labute approximate surface area is 165 Å². The zero-order valence-electron chi connectivity index (χ0n) is 16.0. The van der Waals surface area contributed by atoms with Gasteiger partial charge in [-0.2, -0.15) is 4.98 Å². The van der Waals surface area contributed by atoms with Gasteiger partial charge in [0.2, 0.25) is 5.95 Å². The van der Waals surface area contributed by atoms with E-state index in [9.17, 15) is 4.79 Å². The maximum absolute atomic E-state index is 12.4. The largest absolute Gasteiger partial charge is 0.362 e. The van der Waals surface area contributed by atoms with Crippen LogP contribution in [0.15, 0.2) is 30.5 Å². The molecule has 2 N–H and O–H groups in total. The van der Waals surface area contributed by atoms with E-state index in [0.29, 0.717) is 22.6 Å². The van der Waals surface area contributed by atoms with Gasteiger partial charge in [0.1, 0.15) is 5.82 Å². The minimum absolute atomic E-state index is 0.102. The number of aryl methyl sites for hydroxylation is 1. The van der Waals surface area contributed by atoms with E-state index >= 15 is 0 Å². The number of halogens is 1. The molecule has 0 unspecified atom stereocenters. The molecule has 1 aromatic heterocycles. The van der Waals surface area contributed by atoms with Gasteiger partial charge in [-0.15, -0.1) is 0 Å². The number of nitrogens with zero attached hydrogens (tertiary/aromatic N) is 3. The summed E-state index contributed by atoms with van der Waals surface area (Å²) in [6, 6.07) is 7.62.